The van der Waals surface area contributed by atoms with E-state index in [0.717, 1.165) is 4.68 Å². The number of ether oxygens (including phenoxy) is 1. The Morgan fingerprint density at radius 3 is 2.50 bits per heavy atom. The van der Waals surface area contributed by atoms with Gasteiger partial charge in [-0.05, 0) is 30.3 Å². The Morgan fingerprint density at radius 1 is 1.00 bits per heavy atom. The van der Waals surface area contributed by atoms with E-state index in [9.17, 15) is 24.1 Å². The lowest BCUT2D eigenvalue weighted by Crippen LogP contribution is -2.22. The number of anilines is 1. The first-order chi connectivity index (χ1) is 19.4. The van der Waals surface area contributed by atoms with Crippen molar-refractivity contribution < 1.29 is 18.8 Å². The predicted octanol–water partition coefficient (Wildman–Crippen LogP) is 5.01. The van der Waals surface area contributed by atoms with E-state index in [-0.39, 0.29) is 22.8 Å². The lowest BCUT2D eigenvalue weighted by molar-refractivity contribution is -0.385. The maximum Gasteiger partial charge on any atom is 0.311 e. The van der Waals surface area contributed by atoms with Crippen LogP contribution in [0.3, 0.4) is 0 Å². The second-order valence-electron chi connectivity index (χ2n) is 8.45. The Bertz CT molecular complexity index is 1820. The van der Waals surface area contributed by atoms with Gasteiger partial charge in [-0.3, -0.25) is 19.7 Å². The highest BCUT2D eigenvalue weighted by Crippen LogP contribution is 2.30. The summed E-state index contributed by atoms with van der Waals surface area (Å²) in [5.74, 6) is -1.36. The summed E-state index contributed by atoms with van der Waals surface area (Å²) in [7, 11) is 0. The van der Waals surface area contributed by atoms with Gasteiger partial charge in [-0.25, -0.2) is 9.37 Å². The Morgan fingerprint density at radius 2 is 1.73 bits per heavy atom. The SMILES string of the molecule is O=C(COc1c(C=Nn2c(-c3ccccc3)nc3ccccc3c2=O)cccc1[N+](=O)[O-])Nc1ccccc1F. The molecular formula is C29H20FN5O5. The molecule has 5 aromatic rings. The number of rotatable bonds is 8. The third kappa shape index (κ3) is 5.43. The van der Waals surface area contributed by atoms with Gasteiger partial charge in [-0.2, -0.15) is 9.78 Å². The molecule has 0 fully saturated rings. The molecule has 1 amide bonds. The summed E-state index contributed by atoms with van der Waals surface area (Å²) in [5.41, 5.74) is 0.317. The van der Waals surface area contributed by atoms with Crippen LogP contribution in [0.25, 0.3) is 22.3 Å². The molecule has 0 aliphatic heterocycles. The highest BCUT2D eigenvalue weighted by atomic mass is 19.1. The van der Waals surface area contributed by atoms with Gasteiger partial charge < -0.3 is 10.1 Å². The molecule has 1 heterocycles. The van der Waals surface area contributed by atoms with E-state index >= 15 is 0 Å². The fraction of sp³-hybridized carbons (Fsp3) is 0.0345. The van der Waals surface area contributed by atoms with Crippen molar-refractivity contribution in [1.29, 1.82) is 0 Å². The quantitative estimate of drug-likeness (QED) is 0.168. The molecule has 0 saturated heterocycles. The summed E-state index contributed by atoms with van der Waals surface area (Å²) in [6.07, 6.45) is 1.22. The monoisotopic (exact) mass is 537 g/mol. The van der Waals surface area contributed by atoms with E-state index in [1.807, 2.05) is 6.07 Å². The number of nitrogens with one attached hydrogen (secondary N) is 1. The average molecular weight is 538 g/mol. The summed E-state index contributed by atoms with van der Waals surface area (Å²) in [6.45, 7) is -0.646. The van der Waals surface area contributed by atoms with Gasteiger partial charge in [-0.15, -0.1) is 0 Å². The number of fused-ring (bicyclic) bond motifs is 1. The lowest BCUT2D eigenvalue weighted by atomic mass is 10.2. The largest absolute Gasteiger partial charge is 0.476 e. The van der Waals surface area contributed by atoms with Crippen LogP contribution in [0.2, 0.25) is 0 Å². The highest BCUT2D eigenvalue weighted by molar-refractivity contribution is 5.92. The fourth-order valence-corrected chi connectivity index (χ4v) is 3.96. The number of halogens is 1. The molecule has 1 N–H and O–H groups in total. The second kappa shape index (κ2) is 11.4. The second-order valence-corrected chi connectivity index (χ2v) is 8.45. The first-order valence-corrected chi connectivity index (χ1v) is 12.0. The number of para-hydroxylation sites is 3. The van der Waals surface area contributed by atoms with Gasteiger partial charge in [0.25, 0.3) is 11.5 Å². The van der Waals surface area contributed by atoms with Crippen LogP contribution in [0.4, 0.5) is 15.8 Å². The van der Waals surface area contributed by atoms with Gasteiger partial charge in [-0.1, -0.05) is 60.7 Å². The van der Waals surface area contributed by atoms with Crippen molar-refractivity contribution in [2.24, 2.45) is 5.10 Å². The molecule has 0 aliphatic rings. The minimum Gasteiger partial charge on any atom is -0.476 e. The lowest BCUT2D eigenvalue weighted by Gasteiger charge is -2.11. The molecule has 40 heavy (non-hydrogen) atoms. The van der Waals surface area contributed by atoms with Crippen molar-refractivity contribution in [1.82, 2.24) is 9.66 Å². The number of amides is 1. The number of nitrogens with zero attached hydrogens (tertiary/aromatic N) is 4. The highest BCUT2D eigenvalue weighted by Gasteiger charge is 2.20. The summed E-state index contributed by atoms with van der Waals surface area (Å²) < 4.78 is 20.5. The number of aromatic nitrogens is 2. The van der Waals surface area contributed by atoms with Crippen LogP contribution in [-0.4, -0.2) is 33.3 Å². The summed E-state index contributed by atoms with van der Waals surface area (Å²) in [6, 6.07) is 25.5. The van der Waals surface area contributed by atoms with Crippen molar-refractivity contribution in [3.05, 3.63) is 129 Å². The zero-order valence-electron chi connectivity index (χ0n) is 20.7. The molecule has 1 aromatic heterocycles. The van der Waals surface area contributed by atoms with E-state index in [4.69, 9.17) is 4.74 Å². The standard InChI is InChI=1S/C29H20FN5O5/c30-22-13-5-7-15-24(22)32-26(36)18-40-27-20(11-8-16-25(27)35(38)39)17-31-34-28(19-9-2-1-3-10-19)33-23-14-6-4-12-21(23)29(34)37/h1-17H,18H2,(H,32,36). The van der Waals surface area contributed by atoms with Crippen molar-refractivity contribution in [2.75, 3.05) is 11.9 Å². The first-order valence-electron chi connectivity index (χ1n) is 12.0. The van der Waals surface area contributed by atoms with E-state index in [2.05, 4.69) is 15.4 Å². The Labute approximate surface area is 226 Å². The number of nitro groups is 1. The Hall–Kier alpha value is -5.71. The maximum absolute atomic E-state index is 13.9. The smallest absolute Gasteiger partial charge is 0.311 e. The zero-order chi connectivity index (χ0) is 28.1. The summed E-state index contributed by atoms with van der Waals surface area (Å²) >= 11 is 0. The van der Waals surface area contributed by atoms with Gasteiger partial charge in [0, 0.05) is 17.2 Å². The molecule has 11 heteroatoms. The Balaban J connectivity index is 1.52. The van der Waals surface area contributed by atoms with Crippen LogP contribution in [-0.2, 0) is 4.79 Å². The van der Waals surface area contributed by atoms with E-state index < -0.39 is 34.5 Å². The third-order valence-electron chi connectivity index (χ3n) is 5.82. The molecule has 0 radical (unpaired) electrons. The molecular weight excluding hydrogens is 517 g/mol. The topological polar surface area (TPSA) is 129 Å². The normalized spacial score (nSPS) is 11.0. The molecule has 0 spiro atoms. The van der Waals surface area contributed by atoms with Crippen LogP contribution in [0.1, 0.15) is 5.56 Å². The minimum atomic E-state index is -0.729. The number of carbonyl (C=O) groups excluding carboxylic acids is 1. The van der Waals surface area contributed by atoms with Gasteiger partial charge in [0.15, 0.2) is 12.4 Å². The predicted molar refractivity (Wildman–Crippen MR) is 148 cm³/mol. The molecule has 10 nitrogen and oxygen atoms in total. The average Bonchev–Trinajstić information content (AvgIpc) is 2.97. The van der Waals surface area contributed by atoms with Crippen molar-refractivity contribution in [3.8, 4) is 17.1 Å². The molecule has 0 bridgehead atoms. The molecule has 0 aliphatic carbocycles. The van der Waals surface area contributed by atoms with E-state index in [1.54, 1.807) is 54.6 Å². The molecule has 0 saturated carbocycles. The van der Waals surface area contributed by atoms with Crippen LogP contribution >= 0.6 is 0 Å². The van der Waals surface area contributed by atoms with Gasteiger partial charge >= 0.3 is 5.69 Å². The molecule has 0 unspecified atom stereocenters. The van der Waals surface area contributed by atoms with E-state index in [1.165, 1.54) is 42.6 Å². The van der Waals surface area contributed by atoms with Crippen LogP contribution in [0.5, 0.6) is 5.75 Å². The first kappa shape index (κ1) is 25.9. The van der Waals surface area contributed by atoms with Gasteiger partial charge in [0.2, 0.25) is 5.75 Å². The number of carbonyl (C=O) groups is 1. The zero-order valence-corrected chi connectivity index (χ0v) is 20.7. The third-order valence-corrected chi connectivity index (χ3v) is 5.82. The molecule has 198 valence electrons. The van der Waals surface area contributed by atoms with Gasteiger partial charge in [0.1, 0.15) is 5.82 Å². The number of benzene rings is 4. The van der Waals surface area contributed by atoms with Crippen molar-refractivity contribution in [2.45, 2.75) is 0 Å². The summed E-state index contributed by atoms with van der Waals surface area (Å²) in [4.78, 5) is 41.5. The molecule has 4 aromatic carbocycles. The van der Waals surface area contributed by atoms with Gasteiger partial charge in [0.05, 0.1) is 27.7 Å². The number of nitro benzene ring substituents is 1. The fourth-order valence-electron chi connectivity index (χ4n) is 3.96. The van der Waals surface area contributed by atoms with E-state index in [0.29, 0.717) is 16.5 Å². The van der Waals surface area contributed by atoms with Crippen LogP contribution < -0.4 is 15.6 Å². The van der Waals surface area contributed by atoms with Crippen molar-refractivity contribution >= 4 is 34.4 Å². The van der Waals surface area contributed by atoms with Crippen LogP contribution in [0.15, 0.2) is 107 Å². The number of hydrogen-bond donors (Lipinski definition) is 1. The summed E-state index contributed by atoms with van der Waals surface area (Å²) in [5, 5.41) is 18.8. The van der Waals surface area contributed by atoms with Crippen molar-refractivity contribution in [3.63, 3.8) is 0 Å². The number of hydrogen-bond acceptors (Lipinski definition) is 7. The maximum atomic E-state index is 13.9. The van der Waals surface area contributed by atoms with Crippen LogP contribution in [0, 0.1) is 15.9 Å². The molecule has 5 rings (SSSR count). The molecule has 0 atom stereocenters. The minimum absolute atomic E-state index is 0.0583. The Kier molecular flexibility index (Phi) is 7.36.